The standard InChI is InChI=1S/C3H9O3P.Na/c1-5-7(3,4)6-2;/h1-3H3;. The Balaban J connectivity index is 0. The molecule has 1 radical (unpaired) electrons. The van der Waals surface area contributed by atoms with Gasteiger partial charge < -0.3 is 9.05 Å². The fraction of sp³-hybridized carbons (Fsp3) is 1.00. The van der Waals surface area contributed by atoms with Crippen molar-refractivity contribution in [1.29, 1.82) is 0 Å². The molecule has 0 aromatic heterocycles. The van der Waals surface area contributed by atoms with Crippen molar-refractivity contribution < 1.29 is 13.6 Å². The maximum atomic E-state index is 10.5. The first-order chi connectivity index (χ1) is 3.12. The molecule has 0 saturated carbocycles. The molecule has 5 heteroatoms. The van der Waals surface area contributed by atoms with Crippen LogP contribution in [0.3, 0.4) is 0 Å². The van der Waals surface area contributed by atoms with Gasteiger partial charge in [-0.15, -0.1) is 0 Å². The van der Waals surface area contributed by atoms with E-state index in [2.05, 4.69) is 9.05 Å². The molecule has 8 heavy (non-hydrogen) atoms. The molecule has 0 aliphatic heterocycles. The molecule has 0 amide bonds. The van der Waals surface area contributed by atoms with Crippen LogP contribution in [0, 0.1) is 0 Å². The molecule has 45 valence electrons. The van der Waals surface area contributed by atoms with Gasteiger partial charge in [0.2, 0.25) is 0 Å². The zero-order chi connectivity index (χ0) is 5.91. The summed E-state index contributed by atoms with van der Waals surface area (Å²) in [6.07, 6.45) is 0. The fourth-order valence-corrected chi connectivity index (χ4v) is 0.224. The topological polar surface area (TPSA) is 35.5 Å². The van der Waals surface area contributed by atoms with Crippen molar-refractivity contribution in [2.75, 3.05) is 20.9 Å². The minimum atomic E-state index is -2.65. The molecule has 0 saturated heterocycles. The second-order valence-electron chi connectivity index (χ2n) is 1.14. The number of hydrogen-bond acceptors (Lipinski definition) is 3. The Morgan fingerprint density at radius 2 is 1.50 bits per heavy atom. The molecule has 0 aromatic rings. The predicted octanol–water partition coefficient (Wildman–Crippen LogP) is 0.721. The van der Waals surface area contributed by atoms with Crippen molar-refractivity contribution in [3.63, 3.8) is 0 Å². The molecule has 0 atom stereocenters. The molecule has 0 aliphatic rings. The molecule has 0 heterocycles. The van der Waals surface area contributed by atoms with Gasteiger partial charge in [0.05, 0.1) is 0 Å². The maximum absolute atomic E-state index is 10.5. The van der Waals surface area contributed by atoms with Gasteiger partial charge >= 0.3 is 7.60 Å². The molecular weight excluding hydrogens is 138 g/mol. The Labute approximate surface area is 71.6 Å². The summed E-state index contributed by atoms with van der Waals surface area (Å²) in [5.74, 6) is 0. The molecule has 0 aliphatic carbocycles. The summed E-state index contributed by atoms with van der Waals surface area (Å²) in [5, 5.41) is 0. The smallest absolute Gasteiger partial charge is 0.312 e. The van der Waals surface area contributed by atoms with E-state index in [9.17, 15) is 4.57 Å². The van der Waals surface area contributed by atoms with Crippen molar-refractivity contribution in [3.05, 3.63) is 0 Å². The summed E-state index contributed by atoms with van der Waals surface area (Å²) in [5.41, 5.74) is 0. The zero-order valence-electron chi connectivity index (χ0n) is 5.67. The van der Waals surface area contributed by atoms with Crippen molar-refractivity contribution in [2.24, 2.45) is 0 Å². The summed E-state index contributed by atoms with van der Waals surface area (Å²) in [4.78, 5) is 0. The van der Waals surface area contributed by atoms with E-state index in [1.54, 1.807) is 0 Å². The second-order valence-corrected chi connectivity index (χ2v) is 3.41. The Bertz CT molecular complexity index is 86.5. The van der Waals surface area contributed by atoms with E-state index in [0.717, 1.165) is 0 Å². The molecule has 0 rings (SSSR count). The molecular formula is C3H9NaO3P. The number of rotatable bonds is 2. The van der Waals surface area contributed by atoms with Crippen LogP contribution in [-0.2, 0) is 13.6 Å². The third-order valence-electron chi connectivity index (χ3n) is 0.663. The Morgan fingerprint density at radius 1 is 1.25 bits per heavy atom. The molecule has 0 bridgehead atoms. The molecule has 0 spiro atoms. The van der Waals surface area contributed by atoms with Gasteiger partial charge in [-0.05, 0) is 0 Å². The monoisotopic (exact) mass is 147 g/mol. The third-order valence-corrected chi connectivity index (χ3v) is 1.99. The van der Waals surface area contributed by atoms with Gasteiger partial charge in [0.15, 0.2) is 0 Å². The third kappa shape index (κ3) is 5.29. The molecule has 0 aromatic carbocycles. The minimum Gasteiger partial charge on any atom is -0.312 e. The van der Waals surface area contributed by atoms with Gasteiger partial charge in [0.25, 0.3) is 0 Å². The molecule has 0 fully saturated rings. The van der Waals surface area contributed by atoms with Gasteiger partial charge in [0.1, 0.15) is 0 Å². The fourth-order valence-electron chi connectivity index (χ4n) is 0.0745. The summed E-state index contributed by atoms with van der Waals surface area (Å²) in [6.45, 7) is 1.41. The van der Waals surface area contributed by atoms with Crippen molar-refractivity contribution in [2.45, 2.75) is 0 Å². The minimum absolute atomic E-state index is 0. The summed E-state index contributed by atoms with van der Waals surface area (Å²) in [6, 6.07) is 0. The van der Waals surface area contributed by atoms with Crippen LogP contribution >= 0.6 is 7.60 Å². The summed E-state index contributed by atoms with van der Waals surface area (Å²) in [7, 11) is 0.0486. The van der Waals surface area contributed by atoms with E-state index < -0.39 is 7.60 Å². The van der Waals surface area contributed by atoms with Crippen LogP contribution in [0.15, 0.2) is 0 Å². The van der Waals surface area contributed by atoms with Crippen molar-refractivity contribution in [1.82, 2.24) is 0 Å². The van der Waals surface area contributed by atoms with Gasteiger partial charge in [-0.25, -0.2) is 0 Å². The average molecular weight is 147 g/mol. The van der Waals surface area contributed by atoms with Gasteiger partial charge in [0, 0.05) is 50.4 Å². The molecule has 3 nitrogen and oxygen atoms in total. The van der Waals surface area contributed by atoms with Crippen molar-refractivity contribution in [3.8, 4) is 0 Å². The van der Waals surface area contributed by atoms with Gasteiger partial charge in [-0.1, -0.05) is 0 Å². The number of hydrogen-bond donors (Lipinski definition) is 0. The SMILES string of the molecule is COP(C)(=O)OC.[Na]. The first kappa shape index (κ1) is 11.9. The van der Waals surface area contributed by atoms with E-state index in [1.807, 2.05) is 0 Å². The van der Waals surface area contributed by atoms with Crippen LogP contribution in [0.2, 0.25) is 0 Å². The van der Waals surface area contributed by atoms with E-state index in [-0.39, 0.29) is 29.6 Å². The van der Waals surface area contributed by atoms with Crippen LogP contribution in [-0.4, -0.2) is 50.4 Å². The van der Waals surface area contributed by atoms with Crippen molar-refractivity contribution >= 4 is 37.2 Å². The van der Waals surface area contributed by atoms with E-state index in [0.29, 0.717) is 0 Å². The largest absolute Gasteiger partial charge is 0.327 e. The molecule has 0 N–H and O–H groups in total. The summed E-state index contributed by atoms with van der Waals surface area (Å²) >= 11 is 0. The first-order valence-corrected chi connectivity index (χ1v) is 3.80. The Hall–Kier alpha value is 1.15. The van der Waals surface area contributed by atoms with Gasteiger partial charge in [-0.3, -0.25) is 4.57 Å². The zero-order valence-corrected chi connectivity index (χ0v) is 8.57. The van der Waals surface area contributed by atoms with Crippen LogP contribution in [0.4, 0.5) is 0 Å². The maximum Gasteiger partial charge on any atom is 0.327 e. The van der Waals surface area contributed by atoms with E-state index in [4.69, 9.17) is 0 Å². The van der Waals surface area contributed by atoms with E-state index in [1.165, 1.54) is 20.9 Å². The normalized spacial score (nSPS) is 10.4. The van der Waals surface area contributed by atoms with E-state index >= 15 is 0 Å². The Morgan fingerprint density at radius 3 is 1.50 bits per heavy atom. The Kier molecular flexibility index (Phi) is 7.40. The van der Waals surface area contributed by atoms with Crippen LogP contribution < -0.4 is 0 Å². The van der Waals surface area contributed by atoms with Crippen LogP contribution in [0.5, 0.6) is 0 Å². The quantitative estimate of drug-likeness (QED) is 0.426. The first-order valence-electron chi connectivity index (χ1n) is 1.81. The average Bonchev–Trinajstić information content (AvgIpc) is 1.68. The summed E-state index contributed by atoms with van der Waals surface area (Å²) < 4.78 is 19.3. The van der Waals surface area contributed by atoms with Gasteiger partial charge in [-0.2, -0.15) is 0 Å². The predicted molar refractivity (Wildman–Crippen MR) is 33.3 cm³/mol. The second kappa shape index (κ2) is 4.98. The molecule has 0 unspecified atom stereocenters. The van der Waals surface area contributed by atoms with Crippen LogP contribution in [0.25, 0.3) is 0 Å². The van der Waals surface area contributed by atoms with Crippen LogP contribution in [0.1, 0.15) is 0 Å².